The highest BCUT2D eigenvalue weighted by atomic mass is 16.7. The van der Waals surface area contributed by atoms with Gasteiger partial charge in [-0.15, -0.1) is 0 Å². The van der Waals surface area contributed by atoms with Crippen molar-refractivity contribution in [3.05, 3.63) is 34.4 Å². The zero-order chi connectivity index (χ0) is 16.3. The maximum absolute atomic E-state index is 12.3. The minimum absolute atomic E-state index is 0.0273. The van der Waals surface area contributed by atoms with Gasteiger partial charge in [-0.25, -0.2) is 0 Å². The Labute approximate surface area is 133 Å². The fourth-order valence-corrected chi connectivity index (χ4v) is 2.95. The van der Waals surface area contributed by atoms with E-state index >= 15 is 0 Å². The Morgan fingerprint density at radius 1 is 1.26 bits per heavy atom. The second-order valence-corrected chi connectivity index (χ2v) is 5.62. The molecular formula is C15H19N3O5. The molecule has 2 fully saturated rings. The average molecular weight is 321 g/mol. The number of benzene rings is 1. The zero-order valence-corrected chi connectivity index (χ0v) is 12.7. The van der Waals surface area contributed by atoms with Crippen LogP contribution in [0.25, 0.3) is 0 Å². The minimum atomic E-state index is -0.511. The number of ether oxygens (including phenoxy) is 2. The quantitative estimate of drug-likeness (QED) is 0.665. The fraction of sp³-hybridized carbons (Fsp3) is 0.533. The molecule has 0 aliphatic carbocycles. The van der Waals surface area contributed by atoms with E-state index in [9.17, 15) is 14.9 Å². The maximum Gasteiger partial charge on any atom is 0.292 e. The van der Waals surface area contributed by atoms with Gasteiger partial charge in [0.05, 0.1) is 24.7 Å². The number of amides is 1. The van der Waals surface area contributed by atoms with Gasteiger partial charge in [0.25, 0.3) is 5.69 Å². The van der Waals surface area contributed by atoms with Crippen molar-refractivity contribution in [3.8, 4) is 0 Å². The van der Waals surface area contributed by atoms with Crippen LogP contribution in [0.4, 0.5) is 11.4 Å². The lowest BCUT2D eigenvalue weighted by molar-refractivity contribution is -0.383. The number of anilines is 1. The molecule has 3 rings (SSSR count). The molecule has 0 radical (unpaired) electrons. The van der Waals surface area contributed by atoms with Gasteiger partial charge in [-0.3, -0.25) is 14.9 Å². The van der Waals surface area contributed by atoms with Crippen molar-refractivity contribution in [2.75, 3.05) is 38.2 Å². The van der Waals surface area contributed by atoms with Gasteiger partial charge in [-0.05, 0) is 6.07 Å². The molecule has 23 heavy (non-hydrogen) atoms. The highest BCUT2D eigenvalue weighted by molar-refractivity contribution is 5.82. The van der Waals surface area contributed by atoms with Crippen LogP contribution in [0.15, 0.2) is 24.3 Å². The van der Waals surface area contributed by atoms with Gasteiger partial charge in [-0.2, -0.15) is 0 Å². The lowest BCUT2D eigenvalue weighted by Crippen LogP contribution is -2.48. The number of carbonyl (C=O) groups is 1. The van der Waals surface area contributed by atoms with Crippen LogP contribution in [0, 0.1) is 10.1 Å². The van der Waals surface area contributed by atoms with E-state index in [1.54, 1.807) is 23.1 Å². The van der Waals surface area contributed by atoms with Crippen molar-refractivity contribution in [2.45, 2.75) is 18.6 Å². The van der Waals surface area contributed by atoms with Crippen LogP contribution in [-0.4, -0.2) is 54.4 Å². The van der Waals surface area contributed by atoms with Gasteiger partial charge in [0.15, 0.2) is 5.79 Å². The summed E-state index contributed by atoms with van der Waals surface area (Å²) in [6.07, 6.45) is 1.31. The zero-order valence-electron chi connectivity index (χ0n) is 12.7. The number of hydrogen-bond acceptors (Lipinski definition) is 6. The summed E-state index contributed by atoms with van der Waals surface area (Å²) in [7, 11) is 0. The summed E-state index contributed by atoms with van der Waals surface area (Å²) in [5.74, 6) is -0.599. The Kier molecular flexibility index (Phi) is 4.44. The fourth-order valence-electron chi connectivity index (χ4n) is 2.95. The molecule has 0 bridgehead atoms. The van der Waals surface area contributed by atoms with Crippen LogP contribution in [0.5, 0.6) is 0 Å². The highest BCUT2D eigenvalue weighted by Gasteiger charge is 2.40. The highest BCUT2D eigenvalue weighted by Crippen LogP contribution is 2.31. The number of para-hydroxylation sites is 2. The predicted octanol–water partition coefficient (Wildman–Crippen LogP) is 1.37. The smallest absolute Gasteiger partial charge is 0.292 e. The molecule has 1 N–H and O–H groups in total. The summed E-state index contributed by atoms with van der Waals surface area (Å²) in [4.78, 5) is 24.5. The van der Waals surface area contributed by atoms with Crippen molar-refractivity contribution in [1.29, 1.82) is 0 Å². The van der Waals surface area contributed by atoms with Crippen molar-refractivity contribution in [2.24, 2.45) is 0 Å². The molecule has 1 amide bonds. The molecule has 124 valence electrons. The van der Waals surface area contributed by atoms with Crippen LogP contribution in [0.1, 0.15) is 12.8 Å². The van der Waals surface area contributed by atoms with E-state index in [2.05, 4.69) is 5.32 Å². The van der Waals surface area contributed by atoms with E-state index in [-0.39, 0.29) is 18.1 Å². The van der Waals surface area contributed by atoms with Crippen molar-refractivity contribution >= 4 is 17.3 Å². The largest absolute Gasteiger partial charge is 0.371 e. The summed E-state index contributed by atoms with van der Waals surface area (Å²) in [5.41, 5.74) is 0.312. The number of rotatable bonds is 4. The molecule has 0 atom stereocenters. The average Bonchev–Trinajstić information content (AvgIpc) is 3.01. The normalized spacial score (nSPS) is 19.7. The number of piperidine rings is 1. The topological polar surface area (TPSA) is 93.9 Å². The minimum Gasteiger partial charge on any atom is -0.371 e. The van der Waals surface area contributed by atoms with Crippen molar-refractivity contribution < 1.29 is 19.2 Å². The van der Waals surface area contributed by atoms with Gasteiger partial charge in [0.2, 0.25) is 5.91 Å². The standard InChI is InChI=1S/C15H19N3O5/c19-14(11-16-12-3-1-2-4-13(12)18(20)21)17-7-5-15(6-8-17)22-9-10-23-15/h1-4,16H,5-11H2. The Balaban J connectivity index is 1.53. The first kappa shape index (κ1) is 15.7. The van der Waals surface area contributed by atoms with Gasteiger partial charge >= 0.3 is 0 Å². The van der Waals surface area contributed by atoms with Gasteiger partial charge in [-0.1, -0.05) is 12.1 Å². The molecule has 1 spiro atoms. The van der Waals surface area contributed by atoms with Crippen LogP contribution < -0.4 is 5.32 Å². The van der Waals surface area contributed by atoms with Crippen LogP contribution >= 0.6 is 0 Å². The predicted molar refractivity (Wildman–Crippen MR) is 82.0 cm³/mol. The molecule has 1 aromatic rings. The van der Waals surface area contributed by atoms with Crippen LogP contribution in [0.3, 0.4) is 0 Å². The number of nitro groups is 1. The molecule has 8 heteroatoms. The number of nitrogens with zero attached hydrogens (tertiary/aromatic N) is 2. The maximum atomic E-state index is 12.3. The van der Waals surface area contributed by atoms with Crippen molar-refractivity contribution in [1.82, 2.24) is 4.90 Å². The van der Waals surface area contributed by atoms with Crippen LogP contribution in [-0.2, 0) is 14.3 Å². The summed E-state index contributed by atoms with van der Waals surface area (Å²) < 4.78 is 11.3. The Bertz CT molecular complexity index is 591. The second-order valence-electron chi connectivity index (χ2n) is 5.62. The summed E-state index contributed by atoms with van der Waals surface area (Å²) in [6.45, 7) is 2.37. The van der Waals surface area contributed by atoms with Crippen LogP contribution in [0.2, 0.25) is 0 Å². The monoisotopic (exact) mass is 321 g/mol. The Morgan fingerprint density at radius 3 is 2.57 bits per heavy atom. The van der Waals surface area contributed by atoms with E-state index in [4.69, 9.17) is 9.47 Å². The SMILES string of the molecule is O=C(CNc1ccccc1[N+](=O)[O-])N1CCC2(CC1)OCCO2. The first-order valence-corrected chi connectivity index (χ1v) is 7.63. The number of hydrogen-bond donors (Lipinski definition) is 1. The van der Waals surface area contributed by atoms with E-state index in [0.29, 0.717) is 44.8 Å². The number of nitrogens with one attached hydrogen (secondary N) is 1. The van der Waals surface area contributed by atoms with Gasteiger partial charge < -0.3 is 19.7 Å². The lowest BCUT2D eigenvalue weighted by atomic mass is 10.0. The molecule has 2 aliphatic rings. The van der Waals surface area contributed by atoms with Gasteiger partial charge in [0, 0.05) is 32.0 Å². The molecule has 1 aromatic carbocycles. The van der Waals surface area contributed by atoms with E-state index in [1.165, 1.54) is 6.07 Å². The Morgan fingerprint density at radius 2 is 1.91 bits per heavy atom. The van der Waals surface area contributed by atoms with E-state index in [1.807, 2.05) is 0 Å². The van der Waals surface area contributed by atoms with Crippen molar-refractivity contribution in [3.63, 3.8) is 0 Å². The lowest BCUT2D eigenvalue weighted by Gasteiger charge is -2.37. The molecule has 2 saturated heterocycles. The van der Waals surface area contributed by atoms with E-state index in [0.717, 1.165) is 0 Å². The molecule has 0 saturated carbocycles. The first-order chi connectivity index (χ1) is 11.1. The molecular weight excluding hydrogens is 302 g/mol. The molecule has 2 aliphatic heterocycles. The third-order valence-corrected chi connectivity index (χ3v) is 4.22. The third-order valence-electron chi connectivity index (χ3n) is 4.22. The molecule has 0 aromatic heterocycles. The summed E-state index contributed by atoms with van der Waals surface area (Å²) >= 11 is 0. The number of carbonyl (C=O) groups excluding carboxylic acids is 1. The molecule has 8 nitrogen and oxygen atoms in total. The number of nitro benzene ring substituents is 1. The second kappa shape index (κ2) is 6.51. The van der Waals surface area contributed by atoms with E-state index < -0.39 is 10.7 Å². The molecule has 0 unspecified atom stereocenters. The number of likely N-dealkylation sites (tertiary alicyclic amines) is 1. The third kappa shape index (κ3) is 3.43. The Hall–Kier alpha value is -2.19. The summed E-state index contributed by atoms with van der Waals surface area (Å²) in [5, 5.41) is 13.8. The molecule has 2 heterocycles. The summed E-state index contributed by atoms with van der Waals surface area (Å²) in [6, 6.07) is 6.29. The van der Waals surface area contributed by atoms with Gasteiger partial charge in [0.1, 0.15) is 5.69 Å². The first-order valence-electron chi connectivity index (χ1n) is 7.63.